The Hall–Kier alpha value is -1.71. The van der Waals surface area contributed by atoms with Crippen molar-refractivity contribution in [1.82, 2.24) is 4.90 Å². The average Bonchev–Trinajstić information content (AvgIpc) is 2.81. The number of nitrogens with zero attached hydrogens (tertiary/aromatic N) is 1. The SMILES string of the molecule is CN(C(=O)c1c(O)cccc1O)C1CCCC1. The molecule has 1 aliphatic carbocycles. The number of rotatable bonds is 2. The molecule has 0 saturated heterocycles. The zero-order valence-corrected chi connectivity index (χ0v) is 9.89. The average molecular weight is 235 g/mol. The number of carbonyl (C=O) groups is 1. The number of hydrogen-bond donors (Lipinski definition) is 2. The Balaban J connectivity index is 2.24. The van der Waals surface area contributed by atoms with Gasteiger partial charge in [-0.1, -0.05) is 18.9 Å². The molecule has 4 nitrogen and oxygen atoms in total. The van der Waals surface area contributed by atoms with Crippen molar-refractivity contribution in [3.8, 4) is 11.5 Å². The fourth-order valence-corrected chi connectivity index (χ4v) is 2.38. The van der Waals surface area contributed by atoms with Gasteiger partial charge in [-0.15, -0.1) is 0 Å². The molecule has 92 valence electrons. The summed E-state index contributed by atoms with van der Waals surface area (Å²) in [6.45, 7) is 0. The second kappa shape index (κ2) is 4.65. The van der Waals surface area contributed by atoms with Gasteiger partial charge in [0.2, 0.25) is 0 Å². The molecule has 0 bridgehead atoms. The van der Waals surface area contributed by atoms with E-state index in [1.165, 1.54) is 18.2 Å². The van der Waals surface area contributed by atoms with E-state index >= 15 is 0 Å². The van der Waals surface area contributed by atoms with E-state index in [-0.39, 0.29) is 29.0 Å². The number of amides is 1. The van der Waals surface area contributed by atoms with E-state index < -0.39 is 0 Å². The van der Waals surface area contributed by atoms with Gasteiger partial charge in [-0.2, -0.15) is 0 Å². The van der Waals surface area contributed by atoms with Crippen LogP contribution in [0.3, 0.4) is 0 Å². The number of phenols is 2. The molecule has 0 heterocycles. The van der Waals surface area contributed by atoms with Crippen molar-refractivity contribution in [2.45, 2.75) is 31.7 Å². The Morgan fingerprint density at radius 2 is 1.76 bits per heavy atom. The van der Waals surface area contributed by atoms with Crippen LogP contribution in [0.1, 0.15) is 36.0 Å². The largest absolute Gasteiger partial charge is 0.507 e. The van der Waals surface area contributed by atoms with Crippen LogP contribution >= 0.6 is 0 Å². The maximum absolute atomic E-state index is 12.2. The van der Waals surface area contributed by atoms with Crippen molar-refractivity contribution in [2.24, 2.45) is 0 Å². The molecular formula is C13H17NO3. The lowest BCUT2D eigenvalue weighted by molar-refractivity contribution is 0.0729. The zero-order chi connectivity index (χ0) is 12.4. The summed E-state index contributed by atoms with van der Waals surface area (Å²) in [7, 11) is 1.73. The highest BCUT2D eigenvalue weighted by molar-refractivity contribution is 5.99. The van der Waals surface area contributed by atoms with Crippen LogP contribution in [0.25, 0.3) is 0 Å². The van der Waals surface area contributed by atoms with Crippen LogP contribution < -0.4 is 0 Å². The van der Waals surface area contributed by atoms with Gasteiger partial charge in [-0.25, -0.2) is 0 Å². The first-order chi connectivity index (χ1) is 8.11. The molecule has 0 unspecified atom stereocenters. The third-order valence-corrected chi connectivity index (χ3v) is 3.43. The summed E-state index contributed by atoms with van der Waals surface area (Å²) < 4.78 is 0. The van der Waals surface area contributed by atoms with Gasteiger partial charge in [-0.3, -0.25) is 4.79 Å². The maximum atomic E-state index is 12.2. The number of aromatic hydroxyl groups is 2. The van der Waals surface area contributed by atoms with Gasteiger partial charge in [0, 0.05) is 13.1 Å². The minimum atomic E-state index is -0.312. The van der Waals surface area contributed by atoms with Gasteiger partial charge in [0.15, 0.2) is 0 Å². The Bertz CT molecular complexity index is 404. The van der Waals surface area contributed by atoms with Crippen molar-refractivity contribution in [2.75, 3.05) is 7.05 Å². The van der Waals surface area contributed by atoms with Gasteiger partial charge < -0.3 is 15.1 Å². The van der Waals surface area contributed by atoms with Crippen molar-refractivity contribution >= 4 is 5.91 Å². The van der Waals surface area contributed by atoms with Crippen LogP contribution in [0.2, 0.25) is 0 Å². The zero-order valence-electron chi connectivity index (χ0n) is 9.89. The lowest BCUT2D eigenvalue weighted by Crippen LogP contribution is -2.35. The molecule has 2 rings (SSSR count). The summed E-state index contributed by atoms with van der Waals surface area (Å²) in [6.07, 6.45) is 4.26. The molecule has 0 aliphatic heterocycles. The van der Waals surface area contributed by atoms with Crippen molar-refractivity contribution in [1.29, 1.82) is 0 Å². The molecule has 17 heavy (non-hydrogen) atoms. The second-order valence-corrected chi connectivity index (χ2v) is 4.53. The normalized spacial score (nSPS) is 16.1. The van der Waals surface area contributed by atoms with Gasteiger partial charge in [-0.05, 0) is 25.0 Å². The summed E-state index contributed by atoms with van der Waals surface area (Å²) in [6, 6.07) is 4.56. The predicted molar refractivity (Wildman–Crippen MR) is 64.1 cm³/mol. The molecule has 0 spiro atoms. The molecule has 0 radical (unpaired) electrons. The van der Waals surface area contributed by atoms with Crippen LogP contribution in [0.4, 0.5) is 0 Å². The predicted octanol–water partition coefficient (Wildman–Crippen LogP) is 2.11. The van der Waals surface area contributed by atoms with Gasteiger partial charge in [0.25, 0.3) is 5.91 Å². The minimum Gasteiger partial charge on any atom is -0.507 e. The van der Waals surface area contributed by atoms with Crippen LogP contribution in [-0.2, 0) is 0 Å². The van der Waals surface area contributed by atoms with E-state index in [0.717, 1.165) is 25.7 Å². The Labute approximate surface area is 100 Å². The number of phenolic OH excluding ortho intramolecular Hbond substituents is 2. The summed E-state index contributed by atoms with van der Waals surface area (Å²) in [5.74, 6) is -0.646. The Morgan fingerprint density at radius 3 is 2.29 bits per heavy atom. The quantitative estimate of drug-likeness (QED) is 0.825. The summed E-state index contributed by atoms with van der Waals surface area (Å²) in [5, 5.41) is 19.3. The first kappa shape index (κ1) is 11.8. The van der Waals surface area contributed by atoms with Crippen molar-refractivity contribution in [3.63, 3.8) is 0 Å². The Morgan fingerprint density at radius 1 is 1.24 bits per heavy atom. The molecule has 0 aromatic heterocycles. The number of hydrogen-bond acceptors (Lipinski definition) is 3. The van der Waals surface area contributed by atoms with E-state index in [9.17, 15) is 15.0 Å². The molecular weight excluding hydrogens is 218 g/mol. The second-order valence-electron chi connectivity index (χ2n) is 4.53. The van der Waals surface area contributed by atoms with E-state index in [0.29, 0.717) is 0 Å². The topological polar surface area (TPSA) is 60.8 Å². The van der Waals surface area contributed by atoms with Crippen LogP contribution in [0, 0.1) is 0 Å². The highest BCUT2D eigenvalue weighted by atomic mass is 16.3. The first-order valence-corrected chi connectivity index (χ1v) is 5.89. The molecule has 2 N–H and O–H groups in total. The highest BCUT2D eigenvalue weighted by Gasteiger charge is 2.27. The van der Waals surface area contributed by atoms with E-state index in [4.69, 9.17) is 0 Å². The molecule has 1 amide bonds. The van der Waals surface area contributed by atoms with Crippen LogP contribution in [-0.4, -0.2) is 34.1 Å². The van der Waals surface area contributed by atoms with Gasteiger partial charge in [0.1, 0.15) is 17.1 Å². The van der Waals surface area contributed by atoms with Crippen molar-refractivity contribution < 1.29 is 15.0 Å². The summed E-state index contributed by atoms with van der Waals surface area (Å²) in [4.78, 5) is 13.8. The lowest BCUT2D eigenvalue weighted by Gasteiger charge is -2.24. The molecule has 1 fully saturated rings. The lowest BCUT2D eigenvalue weighted by atomic mass is 10.1. The fraction of sp³-hybridized carbons (Fsp3) is 0.462. The summed E-state index contributed by atoms with van der Waals surface area (Å²) in [5.41, 5.74) is 0.00176. The summed E-state index contributed by atoms with van der Waals surface area (Å²) >= 11 is 0. The van der Waals surface area contributed by atoms with Crippen LogP contribution in [0.5, 0.6) is 11.5 Å². The molecule has 1 aliphatic rings. The van der Waals surface area contributed by atoms with E-state index in [1.807, 2.05) is 0 Å². The van der Waals surface area contributed by atoms with Gasteiger partial charge >= 0.3 is 0 Å². The Kier molecular flexibility index (Phi) is 3.22. The molecule has 1 aromatic carbocycles. The minimum absolute atomic E-state index is 0.00176. The molecule has 0 atom stereocenters. The molecule has 1 saturated carbocycles. The maximum Gasteiger partial charge on any atom is 0.261 e. The van der Waals surface area contributed by atoms with Gasteiger partial charge in [0.05, 0.1) is 0 Å². The molecule has 1 aromatic rings. The smallest absolute Gasteiger partial charge is 0.261 e. The van der Waals surface area contributed by atoms with E-state index in [2.05, 4.69) is 0 Å². The monoisotopic (exact) mass is 235 g/mol. The fourth-order valence-electron chi connectivity index (χ4n) is 2.38. The number of carbonyl (C=O) groups excluding carboxylic acids is 1. The third-order valence-electron chi connectivity index (χ3n) is 3.43. The van der Waals surface area contributed by atoms with Crippen LogP contribution in [0.15, 0.2) is 18.2 Å². The molecule has 4 heteroatoms. The first-order valence-electron chi connectivity index (χ1n) is 5.89. The standard InChI is InChI=1S/C13H17NO3/c1-14(9-5-2-3-6-9)13(17)12-10(15)7-4-8-11(12)16/h4,7-9,15-16H,2-3,5-6H2,1H3. The highest BCUT2D eigenvalue weighted by Crippen LogP contribution is 2.30. The van der Waals surface area contributed by atoms with Crippen molar-refractivity contribution in [3.05, 3.63) is 23.8 Å². The number of benzene rings is 1. The van der Waals surface area contributed by atoms with E-state index in [1.54, 1.807) is 11.9 Å². The third kappa shape index (κ3) is 2.20.